The van der Waals surface area contributed by atoms with Crippen molar-refractivity contribution in [3.8, 4) is 0 Å². The Morgan fingerprint density at radius 1 is 1.20 bits per heavy atom. The first kappa shape index (κ1) is 18.2. The Kier molecular flexibility index (Phi) is 6.67. The molecule has 0 bridgehead atoms. The largest absolute Gasteiger partial charge is 0.387 e. The normalized spacial score (nSPS) is 21.0. The number of aliphatic hydroxyl groups is 1. The van der Waals surface area contributed by atoms with Gasteiger partial charge in [-0.2, -0.15) is 0 Å². The summed E-state index contributed by atoms with van der Waals surface area (Å²) in [5, 5.41) is 13.2. The van der Waals surface area contributed by atoms with Gasteiger partial charge in [-0.25, -0.2) is 4.79 Å². The van der Waals surface area contributed by atoms with Gasteiger partial charge in [-0.15, -0.1) is 0 Å². The average Bonchev–Trinajstić information content (AvgIpc) is 2.65. The van der Waals surface area contributed by atoms with E-state index in [1.807, 2.05) is 24.3 Å². The maximum Gasteiger partial charge on any atom is 0.317 e. The summed E-state index contributed by atoms with van der Waals surface area (Å²) in [6.45, 7) is 6.51. The van der Waals surface area contributed by atoms with Crippen LogP contribution in [0.25, 0.3) is 0 Å². The smallest absolute Gasteiger partial charge is 0.317 e. The van der Waals surface area contributed by atoms with Crippen LogP contribution in [-0.2, 0) is 11.3 Å². The Morgan fingerprint density at radius 3 is 2.84 bits per heavy atom. The van der Waals surface area contributed by atoms with Crippen molar-refractivity contribution in [1.29, 1.82) is 0 Å². The summed E-state index contributed by atoms with van der Waals surface area (Å²) in [6, 6.07) is 7.70. The van der Waals surface area contributed by atoms with E-state index in [1.54, 1.807) is 4.90 Å². The number of carbonyl (C=O) groups excluding carboxylic acids is 1. The number of unbranched alkanes of at least 4 members (excludes halogenated alkanes) is 2. The molecule has 2 heterocycles. The first-order valence-electron chi connectivity index (χ1n) is 9.33. The third-order valence-corrected chi connectivity index (χ3v) is 4.99. The molecule has 6 heteroatoms. The van der Waals surface area contributed by atoms with E-state index >= 15 is 0 Å². The predicted molar refractivity (Wildman–Crippen MR) is 96.3 cm³/mol. The number of nitrogens with zero attached hydrogens (tertiary/aromatic N) is 2. The van der Waals surface area contributed by atoms with Crippen molar-refractivity contribution in [3.63, 3.8) is 0 Å². The minimum Gasteiger partial charge on any atom is -0.387 e. The molecule has 0 aromatic heterocycles. The van der Waals surface area contributed by atoms with E-state index in [1.165, 1.54) is 0 Å². The number of fused-ring (bicyclic) bond motifs is 1. The molecule has 1 fully saturated rings. The van der Waals surface area contributed by atoms with Crippen LogP contribution in [0.1, 0.15) is 36.5 Å². The van der Waals surface area contributed by atoms with Gasteiger partial charge in [0.2, 0.25) is 0 Å². The van der Waals surface area contributed by atoms with Crippen LogP contribution in [0.5, 0.6) is 0 Å². The van der Waals surface area contributed by atoms with Gasteiger partial charge in [-0.3, -0.25) is 4.90 Å². The molecule has 1 aromatic rings. The molecule has 0 unspecified atom stereocenters. The number of benzene rings is 1. The molecule has 1 aromatic carbocycles. The van der Waals surface area contributed by atoms with E-state index in [2.05, 4.69) is 10.2 Å². The molecular formula is C19H29N3O3. The minimum absolute atomic E-state index is 0.0817. The van der Waals surface area contributed by atoms with Gasteiger partial charge in [0, 0.05) is 26.2 Å². The molecule has 0 radical (unpaired) electrons. The lowest BCUT2D eigenvalue weighted by molar-refractivity contribution is 0.0371. The Balaban J connectivity index is 1.32. The fourth-order valence-electron chi connectivity index (χ4n) is 3.50. The summed E-state index contributed by atoms with van der Waals surface area (Å²) in [4.78, 5) is 16.4. The zero-order chi connectivity index (χ0) is 17.5. The maximum absolute atomic E-state index is 12.3. The predicted octanol–water partition coefficient (Wildman–Crippen LogP) is 1.75. The molecule has 0 aliphatic carbocycles. The van der Waals surface area contributed by atoms with Crippen molar-refractivity contribution in [3.05, 3.63) is 35.4 Å². The second kappa shape index (κ2) is 9.17. The second-order valence-corrected chi connectivity index (χ2v) is 6.84. The zero-order valence-electron chi connectivity index (χ0n) is 14.8. The Hall–Kier alpha value is -1.63. The summed E-state index contributed by atoms with van der Waals surface area (Å²) < 4.78 is 5.35. The molecule has 1 atom stereocenters. The summed E-state index contributed by atoms with van der Waals surface area (Å²) in [6.07, 6.45) is 2.67. The topological polar surface area (TPSA) is 65.0 Å². The Labute approximate surface area is 149 Å². The number of amides is 2. The number of carbonyl (C=O) groups is 1. The summed E-state index contributed by atoms with van der Waals surface area (Å²) in [7, 11) is 0. The average molecular weight is 347 g/mol. The number of hydrogen-bond donors (Lipinski definition) is 2. The van der Waals surface area contributed by atoms with Crippen LogP contribution in [0.2, 0.25) is 0 Å². The molecule has 138 valence electrons. The quantitative estimate of drug-likeness (QED) is 0.770. The van der Waals surface area contributed by atoms with Crippen molar-refractivity contribution >= 4 is 6.03 Å². The fraction of sp³-hybridized carbons (Fsp3) is 0.632. The molecule has 2 aliphatic rings. The van der Waals surface area contributed by atoms with Gasteiger partial charge < -0.3 is 20.1 Å². The number of nitrogens with one attached hydrogen (secondary N) is 1. The van der Waals surface area contributed by atoms with E-state index < -0.39 is 6.10 Å². The third kappa shape index (κ3) is 5.17. The number of ether oxygens (including phenoxy) is 1. The van der Waals surface area contributed by atoms with Gasteiger partial charge in [-0.05, 0) is 30.5 Å². The fourth-order valence-corrected chi connectivity index (χ4v) is 3.50. The van der Waals surface area contributed by atoms with E-state index in [0.717, 1.165) is 63.2 Å². The molecule has 0 spiro atoms. The Morgan fingerprint density at radius 2 is 2.00 bits per heavy atom. The van der Waals surface area contributed by atoms with Crippen LogP contribution in [-0.4, -0.2) is 66.9 Å². The molecule has 2 aliphatic heterocycles. The number of morpholine rings is 1. The van der Waals surface area contributed by atoms with E-state index in [9.17, 15) is 9.90 Å². The highest BCUT2D eigenvalue weighted by Crippen LogP contribution is 2.25. The molecule has 2 N–H and O–H groups in total. The van der Waals surface area contributed by atoms with Crippen molar-refractivity contribution in [2.45, 2.75) is 31.9 Å². The van der Waals surface area contributed by atoms with Crippen molar-refractivity contribution in [2.24, 2.45) is 0 Å². The molecular weight excluding hydrogens is 318 g/mol. The van der Waals surface area contributed by atoms with Crippen LogP contribution in [0.3, 0.4) is 0 Å². The second-order valence-electron chi connectivity index (χ2n) is 6.84. The van der Waals surface area contributed by atoms with Gasteiger partial charge in [0.25, 0.3) is 0 Å². The highest BCUT2D eigenvalue weighted by atomic mass is 16.5. The van der Waals surface area contributed by atoms with Crippen LogP contribution < -0.4 is 5.32 Å². The number of rotatable bonds is 6. The van der Waals surface area contributed by atoms with Crippen molar-refractivity contribution < 1.29 is 14.6 Å². The van der Waals surface area contributed by atoms with Crippen LogP contribution >= 0.6 is 0 Å². The minimum atomic E-state index is -0.593. The lowest BCUT2D eigenvalue weighted by Crippen LogP contribution is -2.44. The first-order chi connectivity index (χ1) is 12.2. The van der Waals surface area contributed by atoms with Gasteiger partial charge in [0.15, 0.2) is 0 Å². The lowest BCUT2D eigenvalue weighted by Gasteiger charge is -2.32. The molecule has 25 heavy (non-hydrogen) atoms. The van der Waals surface area contributed by atoms with Crippen LogP contribution in [0.15, 0.2) is 24.3 Å². The summed E-state index contributed by atoms with van der Waals surface area (Å²) >= 11 is 0. The first-order valence-corrected chi connectivity index (χ1v) is 9.33. The van der Waals surface area contributed by atoms with Gasteiger partial charge in [0.1, 0.15) is 0 Å². The lowest BCUT2D eigenvalue weighted by atomic mass is 9.98. The van der Waals surface area contributed by atoms with Crippen LogP contribution in [0.4, 0.5) is 4.79 Å². The monoisotopic (exact) mass is 347 g/mol. The molecule has 1 saturated heterocycles. The van der Waals surface area contributed by atoms with Crippen molar-refractivity contribution in [1.82, 2.24) is 15.1 Å². The standard InChI is InChI=1S/C19H29N3O3/c23-18-15-22(14-16-6-2-3-7-17(16)18)19(24)20-8-4-1-5-9-21-10-12-25-13-11-21/h2-3,6-7,18,23H,1,4-5,8-15H2,(H,20,24)/t18-/m0/s1. The van der Waals surface area contributed by atoms with Crippen molar-refractivity contribution in [2.75, 3.05) is 45.9 Å². The van der Waals surface area contributed by atoms with E-state index in [4.69, 9.17) is 4.74 Å². The molecule has 0 saturated carbocycles. The maximum atomic E-state index is 12.3. The SMILES string of the molecule is O=C(NCCCCCN1CCOCC1)N1Cc2ccccc2[C@@H](O)C1. The number of urea groups is 1. The molecule has 3 rings (SSSR count). The zero-order valence-corrected chi connectivity index (χ0v) is 14.8. The third-order valence-electron chi connectivity index (χ3n) is 4.99. The number of β-amino-alcohol motifs (C(OH)–C–C–N with tert-alkyl or cyclic N) is 1. The highest BCUT2D eigenvalue weighted by Gasteiger charge is 2.26. The van der Waals surface area contributed by atoms with E-state index in [-0.39, 0.29) is 6.03 Å². The van der Waals surface area contributed by atoms with Gasteiger partial charge in [-0.1, -0.05) is 30.7 Å². The Bertz CT molecular complexity index is 561. The van der Waals surface area contributed by atoms with E-state index in [0.29, 0.717) is 19.6 Å². The summed E-state index contributed by atoms with van der Waals surface area (Å²) in [5.74, 6) is 0. The van der Waals surface area contributed by atoms with Gasteiger partial charge >= 0.3 is 6.03 Å². The molecule has 2 amide bonds. The van der Waals surface area contributed by atoms with Crippen LogP contribution in [0, 0.1) is 0 Å². The van der Waals surface area contributed by atoms with Gasteiger partial charge in [0.05, 0.1) is 25.9 Å². The summed E-state index contributed by atoms with van der Waals surface area (Å²) in [5.41, 5.74) is 1.97. The number of hydrogen-bond acceptors (Lipinski definition) is 4. The number of aliphatic hydroxyl groups excluding tert-OH is 1. The molecule has 6 nitrogen and oxygen atoms in total. The highest BCUT2D eigenvalue weighted by molar-refractivity contribution is 5.74.